The number of hydrogen-bond acceptors (Lipinski definition) is 4. The maximum absolute atomic E-state index is 12.8. The summed E-state index contributed by atoms with van der Waals surface area (Å²) in [5.41, 5.74) is 3.20. The molecule has 3 rings (SSSR count). The van der Waals surface area contributed by atoms with Crippen LogP contribution < -0.4 is 22.3 Å². The quantitative estimate of drug-likeness (QED) is 0.645. The van der Waals surface area contributed by atoms with Crippen LogP contribution in [0.1, 0.15) is 39.6 Å². The minimum atomic E-state index is -4.44. The number of carbonyl (C=O) groups is 1. The monoisotopic (exact) mass is 354 g/mol. The van der Waals surface area contributed by atoms with E-state index in [-0.39, 0.29) is 5.69 Å². The Morgan fingerprint density at radius 3 is 2.64 bits per heavy atom. The van der Waals surface area contributed by atoms with E-state index in [9.17, 15) is 27.6 Å². The first-order valence-electron chi connectivity index (χ1n) is 7.30. The number of alkyl halides is 3. The molecule has 2 aromatic rings. The Morgan fingerprint density at radius 1 is 1.24 bits per heavy atom. The van der Waals surface area contributed by atoms with Gasteiger partial charge in [0, 0.05) is 0 Å². The number of benzene rings is 1. The number of aryl methyl sites for hydroxylation is 1. The normalized spacial score (nSPS) is 16.5. The van der Waals surface area contributed by atoms with Crippen molar-refractivity contribution in [1.82, 2.24) is 15.3 Å². The Balaban J connectivity index is 1.86. The van der Waals surface area contributed by atoms with E-state index < -0.39 is 40.6 Å². The third-order valence-electron chi connectivity index (χ3n) is 4.06. The lowest BCUT2D eigenvalue weighted by Gasteiger charge is -2.15. The average Bonchev–Trinajstić information content (AvgIpc) is 2.92. The molecule has 25 heavy (non-hydrogen) atoms. The number of aromatic amines is 2. The van der Waals surface area contributed by atoms with Crippen molar-refractivity contribution in [2.75, 3.05) is 5.73 Å². The lowest BCUT2D eigenvalue weighted by Crippen LogP contribution is -2.34. The molecule has 1 aromatic carbocycles. The predicted molar refractivity (Wildman–Crippen MR) is 82.1 cm³/mol. The number of amides is 1. The minimum absolute atomic E-state index is 0.367. The molecule has 7 nitrogen and oxygen atoms in total. The number of fused-ring (bicyclic) bond motifs is 1. The van der Waals surface area contributed by atoms with Crippen molar-refractivity contribution in [3.05, 3.63) is 61.4 Å². The number of H-pyrrole nitrogens is 2. The average molecular weight is 354 g/mol. The second-order valence-corrected chi connectivity index (χ2v) is 5.67. The second kappa shape index (κ2) is 5.80. The molecule has 5 N–H and O–H groups in total. The van der Waals surface area contributed by atoms with Gasteiger partial charge in [-0.3, -0.25) is 14.6 Å². The van der Waals surface area contributed by atoms with E-state index in [1.165, 1.54) is 6.07 Å². The van der Waals surface area contributed by atoms with Gasteiger partial charge in [0.1, 0.15) is 11.4 Å². The number of nitrogens with two attached hydrogens (primary N) is 1. The van der Waals surface area contributed by atoms with Crippen LogP contribution in [0.5, 0.6) is 0 Å². The van der Waals surface area contributed by atoms with Gasteiger partial charge in [0.15, 0.2) is 0 Å². The summed E-state index contributed by atoms with van der Waals surface area (Å²) in [6.45, 7) is 0. The Morgan fingerprint density at radius 2 is 1.96 bits per heavy atom. The molecule has 0 aliphatic heterocycles. The van der Waals surface area contributed by atoms with Crippen molar-refractivity contribution in [1.29, 1.82) is 0 Å². The van der Waals surface area contributed by atoms with Gasteiger partial charge in [-0.05, 0) is 36.1 Å². The summed E-state index contributed by atoms with van der Waals surface area (Å²) in [5, 5.41) is 2.58. The van der Waals surface area contributed by atoms with Gasteiger partial charge in [-0.1, -0.05) is 6.07 Å². The van der Waals surface area contributed by atoms with Crippen LogP contribution in [0.2, 0.25) is 0 Å². The van der Waals surface area contributed by atoms with Crippen LogP contribution in [-0.4, -0.2) is 15.9 Å². The van der Waals surface area contributed by atoms with Crippen molar-refractivity contribution in [2.24, 2.45) is 0 Å². The van der Waals surface area contributed by atoms with Crippen LogP contribution in [0.3, 0.4) is 0 Å². The number of aromatic nitrogens is 2. The molecule has 10 heteroatoms. The summed E-state index contributed by atoms with van der Waals surface area (Å²) >= 11 is 0. The van der Waals surface area contributed by atoms with Crippen molar-refractivity contribution in [3.8, 4) is 0 Å². The first-order valence-corrected chi connectivity index (χ1v) is 7.30. The van der Waals surface area contributed by atoms with Gasteiger partial charge in [0.05, 0.1) is 11.6 Å². The fraction of sp³-hybridized carbons (Fsp3) is 0.267. The van der Waals surface area contributed by atoms with Crippen molar-refractivity contribution >= 4 is 11.6 Å². The van der Waals surface area contributed by atoms with Gasteiger partial charge in [0.25, 0.3) is 11.5 Å². The standard InChI is InChI=1S/C15H13F3N4O3/c16-15(17,18)7-2-3-8-6(5-7)1-4-9(8)20-13(24)11-10(19)12(23)22-14(25)21-11/h2-3,5,9H,1,4,19H2,(H,20,24)(H2,21,22,23,25)/t9-/m1/s1. The van der Waals surface area contributed by atoms with Gasteiger partial charge < -0.3 is 16.0 Å². The first-order chi connectivity index (χ1) is 11.7. The van der Waals surface area contributed by atoms with E-state index in [0.29, 0.717) is 24.0 Å². The van der Waals surface area contributed by atoms with Crippen molar-refractivity contribution in [2.45, 2.75) is 25.1 Å². The van der Waals surface area contributed by atoms with E-state index in [0.717, 1.165) is 12.1 Å². The molecule has 1 amide bonds. The molecule has 1 heterocycles. The Labute approximate surface area is 138 Å². The van der Waals surface area contributed by atoms with E-state index >= 15 is 0 Å². The van der Waals surface area contributed by atoms with E-state index in [4.69, 9.17) is 5.73 Å². The lowest BCUT2D eigenvalue weighted by molar-refractivity contribution is -0.137. The largest absolute Gasteiger partial charge is 0.416 e. The number of halogens is 3. The number of nitrogens with one attached hydrogen (secondary N) is 3. The Bertz CT molecular complexity index is 962. The summed E-state index contributed by atoms with van der Waals surface area (Å²) in [4.78, 5) is 39.0. The molecule has 0 saturated heterocycles. The number of anilines is 1. The van der Waals surface area contributed by atoms with Crippen LogP contribution in [0, 0.1) is 0 Å². The first kappa shape index (κ1) is 16.8. The number of carbonyl (C=O) groups excluding carboxylic acids is 1. The van der Waals surface area contributed by atoms with E-state index in [1.807, 2.05) is 4.98 Å². The molecule has 1 atom stereocenters. The van der Waals surface area contributed by atoms with Crippen molar-refractivity contribution in [3.63, 3.8) is 0 Å². The summed E-state index contributed by atoms with van der Waals surface area (Å²) in [6.07, 6.45) is -3.67. The third-order valence-corrected chi connectivity index (χ3v) is 4.06. The van der Waals surface area contributed by atoms with Gasteiger partial charge in [0.2, 0.25) is 0 Å². The third kappa shape index (κ3) is 3.14. The highest BCUT2D eigenvalue weighted by Crippen LogP contribution is 2.36. The molecular weight excluding hydrogens is 341 g/mol. The molecule has 0 saturated carbocycles. The highest BCUT2D eigenvalue weighted by molar-refractivity contribution is 5.97. The Kier molecular flexibility index (Phi) is 3.90. The molecule has 1 aliphatic carbocycles. The summed E-state index contributed by atoms with van der Waals surface area (Å²) in [5.74, 6) is -0.779. The topological polar surface area (TPSA) is 121 Å². The van der Waals surface area contributed by atoms with Gasteiger partial charge in [-0.2, -0.15) is 13.2 Å². The van der Waals surface area contributed by atoms with Gasteiger partial charge >= 0.3 is 11.9 Å². The van der Waals surface area contributed by atoms with Crippen LogP contribution in [0.15, 0.2) is 27.8 Å². The SMILES string of the molecule is Nc1c(C(=O)N[C@@H]2CCc3cc(C(F)(F)F)ccc32)[nH]c(=O)[nH]c1=O. The van der Waals surface area contributed by atoms with Crippen LogP contribution >= 0.6 is 0 Å². The molecule has 132 valence electrons. The maximum atomic E-state index is 12.8. The maximum Gasteiger partial charge on any atom is 0.416 e. The molecule has 1 aliphatic rings. The molecule has 0 fully saturated rings. The van der Waals surface area contributed by atoms with E-state index in [2.05, 4.69) is 10.3 Å². The molecule has 0 radical (unpaired) electrons. The molecule has 0 unspecified atom stereocenters. The fourth-order valence-corrected chi connectivity index (χ4v) is 2.85. The van der Waals surface area contributed by atoms with Gasteiger partial charge in [-0.15, -0.1) is 0 Å². The number of rotatable bonds is 2. The van der Waals surface area contributed by atoms with Gasteiger partial charge in [-0.25, -0.2) is 4.79 Å². The van der Waals surface area contributed by atoms with Crippen LogP contribution in [0.25, 0.3) is 0 Å². The summed E-state index contributed by atoms with van der Waals surface area (Å²) in [6, 6.07) is 2.80. The number of nitrogen functional groups attached to an aromatic ring is 1. The molecule has 0 spiro atoms. The molecule has 1 aromatic heterocycles. The van der Waals surface area contributed by atoms with E-state index in [1.54, 1.807) is 0 Å². The predicted octanol–water partition coefficient (Wildman–Crippen LogP) is 1.08. The zero-order chi connectivity index (χ0) is 18.4. The molecular formula is C15H13F3N4O3. The smallest absolute Gasteiger partial charge is 0.392 e. The lowest BCUT2D eigenvalue weighted by atomic mass is 10.0. The highest BCUT2D eigenvalue weighted by Gasteiger charge is 2.33. The zero-order valence-corrected chi connectivity index (χ0v) is 12.7. The van der Waals surface area contributed by atoms with Crippen molar-refractivity contribution < 1.29 is 18.0 Å². The van der Waals surface area contributed by atoms with Crippen LogP contribution in [-0.2, 0) is 12.6 Å². The molecule has 0 bridgehead atoms. The zero-order valence-electron chi connectivity index (χ0n) is 12.7. The fourth-order valence-electron chi connectivity index (χ4n) is 2.85. The highest BCUT2D eigenvalue weighted by atomic mass is 19.4. The summed E-state index contributed by atoms with van der Waals surface area (Å²) in [7, 11) is 0. The minimum Gasteiger partial charge on any atom is -0.392 e. The Hall–Kier alpha value is -3.04. The second-order valence-electron chi connectivity index (χ2n) is 5.67. The van der Waals surface area contributed by atoms with Crippen LogP contribution in [0.4, 0.5) is 18.9 Å². The summed E-state index contributed by atoms with van der Waals surface area (Å²) < 4.78 is 38.3. The number of hydrogen-bond donors (Lipinski definition) is 4.